The first kappa shape index (κ1) is 18.0. The molecular formula is C18H13ClN2O4S. The molecule has 0 spiro atoms. The van der Waals surface area contributed by atoms with Gasteiger partial charge in [0.15, 0.2) is 11.4 Å². The lowest BCUT2D eigenvalue weighted by molar-refractivity contribution is -0.135. The highest BCUT2D eigenvalue weighted by Gasteiger charge is 2.20. The van der Waals surface area contributed by atoms with Gasteiger partial charge in [-0.15, -0.1) is 0 Å². The number of amides is 1. The molecular weight excluding hydrogens is 376 g/mol. The zero-order valence-electron chi connectivity index (χ0n) is 13.3. The van der Waals surface area contributed by atoms with Gasteiger partial charge in [-0.2, -0.15) is 0 Å². The second-order valence-corrected chi connectivity index (χ2v) is 6.79. The van der Waals surface area contributed by atoms with Gasteiger partial charge in [0.1, 0.15) is 11.6 Å². The van der Waals surface area contributed by atoms with Crippen LogP contribution in [0.2, 0.25) is 5.02 Å². The third kappa shape index (κ3) is 3.89. The summed E-state index contributed by atoms with van der Waals surface area (Å²) in [5.74, 6) is -2.23. The van der Waals surface area contributed by atoms with Gasteiger partial charge in [-0.3, -0.25) is 9.59 Å². The molecule has 0 atom stereocenters. The van der Waals surface area contributed by atoms with E-state index in [-0.39, 0.29) is 11.4 Å². The third-order valence-corrected chi connectivity index (χ3v) is 4.76. The van der Waals surface area contributed by atoms with Crippen molar-refractivity contribution in [2.24, 2.45) is 0 Å². The Morgan fingerprint density at radius 3 is 2.38 bits per heavy atom. The fourth-order valence-corrected chi connectivity index (χ4v) is 3.35. The number of carboxylic acids is 1. The summed E-state index contributed by atoms with van der Waals surface area (Å²) in [5, 5.41) is 23.6. The maximum atomic E-state index is 12.2. The molecule has 0 radical (unpaired) electrons. The quantitative estimate of drug-likeness (QED) is 0.618. The lowest BCUT2D eigenvalue weighted by Gasteiger charge is -2.11. The maximum absolute atomic E-state index is 12.2. The van der Waals surface area contributed by atoms with Gasteiger partial charge in [-0.1, -0.05) is 47.6 Å². The third-order valence-electron chi connectivity index (χ3n) is 3.49. The second-order valence-electron chi connectivity index (χ2n) is 5.29. The van der Waals surface area contributed by atoms with Crippen molar-refractivity contribution >= 4 is 46.0 Å². The van der Waals surface area contributed by atoms with Gasteiger partial charge in [0, 0.05) is 20.7 Å². The van der Waals surface area contributed by atoms with E-state index in [2.05, 4.69) is 10.3 Å². The van der Waals surface area contributed by atoms with Crippen molar-refractivity contribution in [2.75, 3.05) is 6.54 Å². The number of nitrogens with zero attached hydrogens (tertiary/aromatic N) is 1. The van der Waals surface area contributed by atoms with Gasteiger partial charge < -0.3 is 15.5 Å². The van der Waals surface area contributed by atoms with Crippen LogP contribution in [0.4, 0.5) is 0 Å². The Morgan fingerprint density at radius 2 is 1.73 bits per heavy atom. The van der Waals surface area contributed by atoms with Gasteiger partial charge in [0.2, 0.25) is 0 Å². The summed E-state index contributed by atoms with van der Waals surface area (Å²) in [6.07, 6.45) is 0. The number of aliphatic carboxylic acids is 1. The van der Waals surface area contributed by atoms with Crippen LogP contribution in [0.1, 0.15) is 10.5 Å². The number of hydrogen-bond acceptors (Lipinski definition) is 5. The van der Waals surface area contributed by atoms with Crippen molar-refractivity contribution in [1.29, 1.82) is 0 Å². The van der Waals surface area contributed by atoms with E-state index in [0.717, 1.165) is 4.90 Å². The number of rotatable bonds is 5. The van der Waals surface area contributed by atoms with E-state index in [9.17, 15) is 14.7 Å². The Morgan fingerprint density at radius 1 is 1.08 bits per heavy atom. The van der Waals surface area contributed by atoms with Gasteiger partial charge in [0.05, 0.1) is 0 Å². The molecule has 3 N–H and O–H groups in total. The fraction of sp³-hybridized carbons (Fsp3) is 0.0556. The van der Waals surface area contributed by atoms with Crippen molar-refractivity contribution in [1.82, 2.24) is 10.3 Å². The monoisotopic (exact) mass is 388 g/mol. The smallest absolute Gasteiger partial charge is 0.322 e. The topological polar surface area (TPSA) is 99.5 Å². The predicted molar refractivity (Wildman–Crippen MR) is 99.0 cm³/mol. The van der Waals surface area contributed by atoms with E-state index in [1.807, 2.05) is 12.1 Å². The molecule has 0 bridgehead atoms. The number of nitrogens with one attached hydrogen (secondary N) is 1. The molecule has 8 heteroatoms. The van der Waals surface area contributed by atoms with Crippen LogP contribution in [-0.4, -0.2) is 33.6 Å². The summed E-state index contributed by atoms with van der Waals surface area (Å²) in [6.45, 7) is -0.563. The zero-order chi connectivity index (χ0) is 18.7. The molecule has 0 aliphatic carbocycles. The Labute approximate surface area is 157 Å². The first-order valence-corrected chi connectivity index (χ1v) is 8.70. The standard InChI is InChI=1S/C18H13ClN2O4S/c19-10-5-7-11(8-6-10)26-18-13-4-2-1-3-12(13)16(24)15(21-18)17(25)20-9-14(22)23/h1-8,24H,9H2,(H,20,25)(H,22,23). The molecule has 132 valence electrons. The number of fused-ring (bicyclic) bond motifs is 1. The highest BCUT2D eigenvalue weighted by Crippen LogP contribution is 2.37. The number of hydrogen-bond donors (Lipinski definition) is 3. The maximum Gasteiger partial charge on any atom is 0.322 e. The molecule has 2 aromatic carbocycles. The predicted octanol–water partition coefficient (Wildman–Crippen LogP) is 3.56. The van der Waals surface area contributed by atoms with Crippen LogP contribution >= 0.6 is 23.4 Å². The number of pyridine rings is 1. The van der Waals surface area contributed by atoms with Gasteiger partial charge >= 0.3 is 5.97 Å². The first-order chi connectivity index (χ1) is 12.5. The largest absolute Gasteiger partial charge is 0.505 e. The van der Waals surface area contributed by atoms with Crippen LogP contribution in [0.25, 0.3) is 10.8 Å². The van der Waals surface area contributed by atoms with Crippen LogP contribution in [0, 0.1) is 0 Å². The molecule has 1 aromatic heterocycles. The van der Waals surface area contributed by atoms with Gasteiger partial charge in [-0.25, -0.2) is 4.98 Å². The van der Waals surface area contributed by atoms with E-state index in [1.165, 1.54) is 11.8 Å². The first-order valence-electron chi connectivity index (χ1n) is 7.51. The van der Waals surface area contributed by atoms with Crippen LogP contribution in [0.3, 0.4) is 0 Å². The van der Waals surface area contributed by atoms with E-state index in [4.69, 9.17) is 16.7 Å². The van der Waals surface area contributed by atoms with Crippen LogP contribution in [-0.2, 0) is 4.79 Å². The summed E-state index contributed by atoms with van der Waals surface area (Å²) in [5.41, 5.74) is -0.221. The molecule has 0 aliphatic rings. The molecule has 0 fully saturated rings. The number of benzene rings is 2. The second kappa shape index (κ2) is 7.63. The molecule has 0 saturated carbocycles. The van der Waals surface area contributed by atoms with Crippen LogP contribution < -0.4 is 5.32 Å². The van der Waals surface area contributed by atoms with Crippen LogP contribution in [0.15, 0.2) is 58.5 Å². The average Bonchev–Trinajstić information content (AvgIpc) is 2.64. The summed E-state index contributed by atoms with van der Waals surface area (Å²) >= 11 is 7.21. The lowest BCUT2D eigenvalue weighted by Crippen LogP contribution is -2.30. The minimum atomic E-state index is -1.19. The number of halogens is 1. The van der Waals surface area contributed by atoms with Crippen molar-refractivity contribution in [3.05, 3.63) is 59.2 Å². The lowest BCUT2D eigenvalue weighted by atomic mass is 10.1. The molecule has 3 aromatic rings. The molecule has 1 amide bonds. The number of aromatic hydroxyl groups is 1. The zero-order valence-corrected chi connectivity index (χ0v) is 14.8. The molecule has 26 heavy (non-hydrogen) atoms. The SMILES string of the molecule is O=C(O)CNC(=O)c1nc(Sc2ccc(Cl)cc2)c2ccccc2c1O. The van der Waals surface area contributed by atoms with Crippen molar-refractivity contribution < 1.29 is 19.8 Å². The molecule has 0 unspecified atom stereocenters. The number of aromatic nitrogens is 1. The van der Waals surface area contributed by atoms with E-state index < -0.39 is 18.4 Å². The van der Waals surface area contributed by atoms with E-state index >= 15 is 0 Å². The number of carbonyl (C=O) groups is 2. The Kier molecular flexibility index (Phi) is 5.29. The normalized spacial score (nSPS) is 10.7. The highest BCUT2D eigenvalue weighted by molar-refractivity contribution is 7.99. The van der Waals surface area contributed by atoms with E-state index in [1.54, 1.807) is 36.4 Å². The molecule has 6 nitrogen and oxygen atoms in total. The summed E-state index contributed by atoms with van der Waals surface area (Å²) in [4.78, 5) is 28.0. The van der Waals surface area contributed by atoms with Gasteiger partial charge in [0.25, 0.3) is 5.91 Å². The Bertz CT molecular complexity index is 992. The highest BCUT2D eigenvalue weighted by atomic mass is 35.5. The van der Waals surface area contributed by atoms with Gasteiger partial charge in [-0.05, 0) is 24.3 Å². The van der Waals surface area contributed by atoms with Crippen molar-refractivity contribution in [3.63, 3.8) is 0 Å². The number of carboxylic acid groups (broad SMARTS) is 1. The Balaban J connectivity index is 2.06. The average molecular weight is 389 g/mol. The number of carbonyl (C=O) groups excluding carboxylic acids is 1. The summed E-state index contributed by atoms with van der Waals surface area (Å²) in [7, 11) is 0. The van der Waals surface area contributed by atoms with Crippen molar-refractivity contribution in [3.8, 4) is 5.75 Å². The summed E-state index contributed by atoms with van der Waals surface area (Å²) < 4.78 is 0. The molecule has 1 heterocycles. The summed E-state index contributed by atoms with van der Waals surface area (Å²) in [6, 6.07) is 14.1. The molecule has 3 rings (SSSR count). The fourth-order valence-electron chi connectivity index (χ4n) is 2.31. The van der Waals surface area contributed by atoms with Crippen molar-refractivity contribution in [2.45, 2.75) is 9.92 Å². The van der Waals surface area contributed by atoms with Crippen LogP contribution in [0.5, 0.6) is 5.75 Å². The molecule has 0 saturated heterocycles. The molecule has 0 aliphatic heterocycles. The van der Waals surface area contributed by atoms with E-state index in [0.29, 0.717) is 20.8 Å². The minimum Gasteiger partial charge on any atom is -0.505 e. The Hall–Kier alpha value is -2.77. The minimum absolute atomic E-state index is 0.221.